The quantitative estimate of drug-likeness (QED) is 0.863. The highest BCUT2D eigenvalue weighted by molar-refractivity contribution is 6.22. The van der Waals surface area contributed by atoms with Crippen molar-refractivity contribution in [1.82, 2.24) is 0 Å². The Morgan fingerprint density at radius 2 is 2.09 bits per heavy atom. The molecule has 0 radical (unpaired) electrons. The van der Waals surface area contributed by atoms with E-state index in [2.05, 4.69) is 0 Å². The summed E-state index contributed by atoms with van der Waals surface area (Å²) in [4.78, 5) is 19.5. The molecule has 1 N–H and O–H groups in total. The molecule has 0 amide bonds. The third-order valence-corrected chi connectivity index (χ3v) is 4.74. The highest BCUT2D eigenvalue weighted by Gasteiger charge is 2.55. The van der Waals surface area contributed by atoms with Gasteiger partial charge in [0.05, 0.1) is 12.0 Å². The number of rotatable bonds is 1. The summed E-state index contributed by atoms with van der Waals surface area (Å²) in [7, 11) is 0. The first-order valence-electron chi connectivity index (χ1n) is 7.64. The Bertz CT molecular complexity index is 720. The Kier molecular flexibility index (Phi) is 2.84. The fourth-order valence-electron chi connectivity index (χ4n) is 3.56. The Hall–Kier alpha value is -2.20. The molecule has 0 spiro atoms. The molecule has 1 aliphatic carbocycles. The molecule has 4 rings (SSSR count). The van der Waals surface area contributed by atoms with Crippen LogP contribution in [-0.2, 0) is 4.79 Å². The molecule has 1 fully saturated rings. The van der Waals surface area contributed by atoms with Gasteiger partial charge in [0.2, 0.25) is 0 Å². The second-order valence-corrected chi connectivity index (χ2v) is 6.20. The zero-order valence-corrected chi connectivity index (χ0v) is 12.4. The maximum Gasteiger partial charge on any atom is 0.182 e. The average Bonchev–Trinajstić information content (AvgIpc) is 2.88. The van der Waals surface area contributed by atoms with Crippen LogP contribution < -0.4 is 4.90 Å². The van der Waals surface area contributed by atoms with Gasteiger partial charge in [-0.2, -0.15) is 0 Å². The van der Waals surface area contributed by atoms with Gasteiger partial charge in [-0.25, -0.2) is 0 Å². The second-order valence-electron chi connectivity index (χ2n) is 6.20. The lowest BCUT2D eigenvalue weighted by atomic mass is 9.77. The maximum absolute atomic E-state index is 12.8. The number of aliphatic hydroxyl groups is 1. The summed E-state index contributed by atoms with van der Waals surface area (Å²) < 4.78 is 0. The molecule has 4 heteroatoms. The Balaban J connectivity index is 1.80. The molecule has 1 saturated heterocycles. The number of carbonyl (C=O) groups excluding carboxylic acids is 1. The lowest BCUT2D eigenvalue weighted by Gasteiger charge is -2.36. The number of Topliss-reactive ketones (excluding diaryl/α,β-unsaturated/α-hetero) is 1. The summed E-state index contributed by atoms with van der Waals surface area (Å²) >= 11 is 0. The van der Waals surface area contributed by atoms with Gasteiger partial charge in [0, 0.05) is 18.7 Å². The number of amidine groups is 1. The minimum Gasteiger partial charge on any atom is -0.374 e. The largest absolute Gasteiger partial charge is 0.374 e. The third kappa shape index (κ3) is 1.80. The van der Waals surface area contributed by atoms with E-state index in [1.807, 2.05) is 60.4 Å². The summed E-state index contributed by atoms with van der Waals surface area (Å²) in [6, 6.07) is 9.61. The SMILES string of the molecule is CC1=C[C@H]2C(=O)[C@]3(O)CCN(c4ccccc4)C3=N[C@H]2C=C1. The van der Waals surface area contributed by atoms with Gasteiger partial charge in [0.1, 0.15) is 5.84 Å². The van der Waals surface area contributed by atoms with E-state index in [-0.39, 0.29) is 17.7 Å². The molecule has 2 aliphatic heterocycles. The number of fused-ring (bicyclic) bond motifs is 2. The number of hydrogen-bond donors (Lipinski definition) is 1. The fourth-order valence-corrected chi connectivity index (χ4v) is 3.56. The van der Waals surface area contributed by atoms with Crippen molar-refractivity contribution in [2.24, 2.45) is 10.9 Å². The number of benzene rings is 1. The molecule has 22 heavy (non-hydrogen) atoms. The Morgan fingerprint density at radius 3 is 2.86 bits per heavy atom. The molecule has 3 aliphatic rings. The van der Waals surface area contributed by atoms with Crippen molar-refractivity contribution in [3.8, 4) is 0 Å². The van der Waals surface area contributed by atoms with Crippen LogP contribution in [0, 0.1) is 5.92 Å². The first-order valence-corrected chi connectivity index (χ1v) is 7.64. The van der Waals surface area contributed by atoms with Crippen molar-refractivity contribution in [2.45, 2.75) is 25.0 Å². The highest BCUT2D eigenvalue weighted by Crippen LogP contribution is 2.38. The van der Waals surface area contributed by atoms with Crippen LogP contribution >= 0.6 is 0 Å². The second kappa shape index (κ2) is 4.65. The molecule has 0 aromatic heterocycles. The number of aliphatic imine (C=N–C) groups is 1. The van der Waals surface area contributed by atoms with Crippen molar-refractivity contribution in [2.75, 3.05) is 11.4 Å². The summed E-state index contributed by atoms with van der Waals surface area (Å²) in [5.41, 5.74) is 0.573. The van der Waals surface area contributed by atoms with Gasteiger partial charge < -0.3 is 10.0 Å². The first-order chi connectivity index (χ1) is 10.6. The van der Waals surface area contributed by atoms with E-state index >= 15 is 0 Å². The van der Waals surface area contributed by atoms with Crippen LogP contribution in [0.2, 0.25) is 0 Å². The number of hydrogen-bond acceptors (Lipinski definition) is 4. The van der Waals surface area contributed by atoms with E-state index in [0.717, 1.165) is 11.3 Å². The molecule has 1 aromatic rings. The third-order valence-electron chi connectivity index (χ3n) is 4.74. The lowest BCUT2D eigenvalue weighted by Crippen LogP contribution is -2.55. The topological polar surface area (TPSA) is 52.9 Å². The minimum atomic E-state index is -1.45. The zero-order chi connectivity index (χ0) is 15.3. The molecule has 2 heterocycles. The number of ketones is 1. The highest BCUT2D eigenvalue weighted by atomic mass is 16.3. The summed E-state index contributed by atoms with van der Waals surface area (Å²) in [6.45, 7) is 2.57. The Labute approximate surface area is 129 Å². The van der Waals surface area contributed by atoms with Crippen molar-refractivity contribution in [3.05, 3.63) is 54.1 Å². The van der Waals surface area contributed by atoms with Crippen molar-refractivity contribution in [1.29, 1.82) is 0 Å². The summed E-state index contributed by atoms with van der Waals surface area (Å²) in [5.74, 6) is 0.0432. The molecule has 1 aromatic carbocycles. The number of anilines is 1. The molecule has 4 nitrogen and oxygen atoms in total. The molecule has 0 bridgehead atoms. The number of carbonyl (C=O) groups is 1. The average molecular weight is 294 g/mol. The van der Waals surface area contributed by atoms with Crippen molar-refractivity contribution in [3.63, 3.8) is 0 Å². The van der Waals surface area contributed by atoms with Gasteiger partial charge in [0.15, 0.2) is 11.4 Å². The normalized spacial score (nSPS) is 33.2. The molecule has 3 atom stereocenters. The summed E-state index contributed by atoms with van der Waals surface area (Å²) in [5, 5.41) is 11.0. The molecular weight excluding hydrogens is 276 g/mol. The van der Waals surface area contributed by atoms with E-state index in [1.165, 1.54) is 0 Å². The van der Waals surface area contributed by atoms with E-state index < -0.39 is 5.60 Å². The first kappa shape index (κ1) is 13.5. The predicted octanol–water partition coefficient (Wildman–Crippen LogP) is 2.11. The van der Waals surface area contributed by atoms with Gasteiger partial charge in [-0.3, -0.25) is 9.79 Å². The van der Waals surface area contributed by atoms with Gasteiger partial charge in [-0.1, -0.05) is 42.0 Å². The molecule has 112 valence electrons. The molecule has 0 unspecified atom stereocenters. The van der Waals surface area contributed by atoms with Crippen LogP contribution in [0.25, 0.3) is 0 Å². The van der Waals surface area contributed by atoms with E-state index in [9.17, 15) is 9.90 Å². The van der Waals surface area contributed by atoms with Crippen molar-refractivity contribution < 1.29 is 9.90 Å². The van der Waals surface area contributed by atoms with E-state index in [0.29, 0.717) is 18.8 Å². The maximum atomic E-state index is 12.8. The monoisotopic (exact) mass is 294 g/mol. The van der Waals surface area contributed by atoms with Crippen LogP contribution in [0.15, 0.2) is 59.1 Å². The molecular formula is C18H18N2O2. The van der Waals surface area contributed by atoms with Crippen LogP contribution in [0.4, 0.5) is 5.69 Å². The van der Waals surface area contributed by atoms with Crippen LogP contribution in [-0.4, -0.2) is 34.9 Å². The zero-order valence-electron chi connectivity index (χ0n) is 12.4. The van der Waals surface area contributed by atoms with Crippen LogP contribution in [0.3, 0.4) is 0 Å². The molecule has 0 saturated carbocycles. The van der Waals surface area contributed by atoms with Crippen molar-refractivity contribution >= 4 is 17.3 Å². The van der Waals surface area contributed by atoms with Gasteiger partial charge in [-0.05, 0) is 19.1 Å². The van der Waals surface area contributed by atoms with E-state index in [4.69, 9.17) is 4.99 Å². The smallest absolute Gasteiger partial charge is 0.182 e. The lowest BCUT2D eigenvalue weighted by molar-refractivity contribution is -0.134. The number of allylic oxidation sites excluding steroid dienone is 2. The van der Waals surface area contributed by atoms with E-state index in [1.54, 1.807) is 0 Å². The standard InChI is InChI=1S/C18H18N2O2/c1-12-7-8-15-14(11-12)16(21)18(22)9-10-20(17(18)19-15)13-5-3-2-4-6-13/h2-8,11,14-15,22H,9-10H2,1H3/t14-,15+,18-/m1/s1. The Morgan fingerprint density at radius 1 is 1.32 bits per heavy atom. The minimum absolute atomic E-state index is 0.121. The van der Waals surface area contributed by atoms with Gasteiger partial charge >= 0.3 is 0 Å². The summed E-state index contributed by atoms with van der Waals surface area (Å²) in [6.07, 6.45) is 6.28. The van der Waals surface area contributed by atoms with Crippen LogP contribution in [0.5, 0.6) is 0 Å². The van der Waals surface area contributed by atoms with Gasteiger partial charge in [-0.15, -0.1) is 0 Å². The number of nitrogens with zero attached hydrogens (tertiary/aromatic N) is 2. The predicted molar refractivity (Wildman–Crippen MR) is 86.0 cm³/mol. The number of para-hydroxylation sites is 1. The fraction of sp³-hybridized carbons (Fsp3) is 0.333. The van der Waals surface area contributed by atoms with Gasteiger partial charge in [0.25, 0.3) is 0 Å². The van der Waals surface area contributed by atoms with Crippen LogP contribution in [0.1, 0.15) is 13.3 Å².